The van der Waals surface area contributed by atoms with Gasteiger partial charge in [-0.1, -0.05) is 35.0 Å². The second kappa shape index (κ2) is 6.78. The molecular weight excluding hydrogens is 360 g/mol. The van der Waals surface area contributed by atoms with Crippen molar-refractivity contribution >= 4 is 57.6 Å². The third kappa shape index (κ3) is 3.96. The zero-order valence-electron chi connectivity index (χ0n) is 11.6. The van der Waals surface area contributed by atoms with Crippen LogP contribution in [0.25, 0.3) is 11.0 Å². The number of aromatic amines is 1. The Hall–Kier alpha value is -1.76. The number of fused-ring (bicyclic) bond motifs is 1. The Morgan fingerprint density at radius 1 is 1.22 bits per heavy atom. The molecule has 0 unspecified atom stereocenters. The molecule has 23 heavy (non-hydrogen) atoms. The van der Waals surface area contributed by atoms with Gasteiger partial charge in [-0.3, -0.25) is 4.79 Å². The summed E-state index contributed by atoms with van der Waals surface area (Å²) < 4.78 is 13.6. The maximum atomic E-state index is 13.6. The molecule has 0 saturated carbocycles. The average Bonchev–Trinajstić information content (AvgIpc) is 2.91. The molecule has 3 aromatic rings. The van der Waals surface area contributed by atoms with E-state index in [1.165, 1.54) is 30.0 Å². The van der Waals surface area contributed by atoms with E-state index in [0.29, 0.717) is 15.2 Å². The molecule has 4 nitrogen and oxygen atoms in total. The summed E-state index contributed by atoms with van der Waals surface area (Å²) in [6, 6.07) is 9.28. The molecule has 1 heterocycles. The van der Waals surface area contributed by atoms with Crippen LogP contribution in [0.2, 0.25) is 10.0 Å². The molecule has 0 aliphatic carbocycles. The number of anilines is 1. The molecule has 0 spiro atoms. The van der Waals surface area contributed by atoms with Crippen molar-refractivity contribution in [2.75, 3.05) is 11.1 Å². The van der Waals surface area contributed by atoms with Gasteiger partial charge in [-0.15, -0.1) is 0 Å². The van der Waals surface area contributed by atoms with Crippen molar-refractivity contribution in [3.05, 3.63) is 52.3 Å². The third-order valence-corrected chi connectivity index (χ3v) is 4.31. The zero-order chi connectivity index (χ0) is 16.4. The highest BCUT2D eigenvalue weighted by Gasteiger charge is 2.10. The first-order chi connectivity index (χ1) is 11.0. The van der Waals surface area contributed by atoms with Crippen LogP contribution in [0.5, 0.6) is 0 Å². The smallest absolute Gasteiger partial charge is 0.234 e. The normalized spacial score (nSPS) is 10.9. The van der Waals surface area contributed by atoms with Crippen LogP contribution in [0.3, 0.4) is 0 Å². The van der Waals surface area contributed by atoms with E-state index < -0.39 is 5.82 Å². The van der Waals surface area contributed by atoms with Crippen molar-refractivity contribution in [3.8, 4) is 0 Å². The molecule has 0 radical (unpaired) electrons. The van der Waals surface area contributed by atoms with Crippen molar-refractivity contribution in [2.45, 2.75) is 5.16 Å². The van der Waals surface area contributed by atoms with Gasteiger partial charge in [0.1, 0.15) is 5.82 Å². The molecule has 0 fully saturated rings. The largest absolute Gasteiger partial charge is 0.333 e. The van der Waals surface area contributed by atoms with E-state index in [-0.39, 0.29) is 17.3 Å². The number of benzene rings is 2. The number of hydrogen-bond donors (Lipinski definition) is 2. The lowest BCUT2D eigenvalue weighted by Crippen LogP contribution is -2.15. The first-order valence-corrected chi connectivity index (χ1v) is 8.28. The number of H-pyrrole nitrogens is 1. The Bertz CT molecular complexity index is 884. The topological polar surface area (TPSA) is 57.8 Å². The van der Waals surface area contributed by atoms with Gasteiger partial charge in [0.15, 0.2) is 5.16 Å². The number of imidazole rings is 1. The van der Waals surface area contributed by atoms with Gasteiger partial charge in [-0.05, 0) is 36.4 Å². The summed E-state index contributed by atoms with van der Waals surface area (Å²) in [5, 5.41) is 4.02. The fourth-order valence-electron chi connectivity index (χ4n) is 1.94. The van der Waals surface area contributed by atoms with Crippen molar-refractivity contribution in [3.63, 3.8) is 0 Å². The minimum atomic E-state index is -0.536. The van der Waals surface area contributed by atoms with Crippen LogP contribution >= 0.6 is 35.0 Å². The molecule has 0 aliphatic heterocycles. The lowest BCUT2D eigenvalue weighted by atomic mass is 10.3. The summed E-state index contributed by atoms with van der Waals surface area (Å²) in [4.78, 5) is 19.3. The van der Waals surface area contributed by atoms with Gasteiger partial charge < -0.3 is 10.3 Å². The number of aromatic nitrogens is 2. The zero-order valence-corrected chi connectivity index (χ0v) is 13.9. The van der Waals surface area contributed by atoms with E-state index in [1.807, 2.05) is 0 Å². The lowest BCUT2D eigenvalue weighted by molar-refractivity contribution is -0.113. The predicted molar refractivity (Wildman–Crippen MR) is 91.9 cm³/mol. The highest BCUT2D eigenvalue weighted by molar-refractivity contribution is 7.99. The van der Waals surface area contributed by atoms with Crippen molar-refractivity contribution in [2.24, 2.45) is 0 Å². The Labute approximate surface area is 145 Å². The minimum Gasteiger partial charge on any atom is -0.333 e. The highest BCUT2D eigenvalue weighted by atomic mass is 35.5. The molecular formula is C15H10Cl2FN3OS. The van der Waals surface area contributed by atoms with E-state index >= 15 is 0 Å². The van der Waals surface area contributed by atoms with Gasteiger partial charge in [0.25, 0.3) is 0 Å². The van der Waals surface area contributed by atoms with Gasteiger partial charge in [0.05, 0.1) is 22.5 Å². The van der Waals surface area contributed by atoms with Gasteiger partial charge >= 0.3 is 0 Å². The molecule has 3 rings (SSSR count). The molecule has 1 aromatic heterocycles. The quantitative estimate of drug-likeness (QED) is 0.653. The Morgan fingerprint density at radius 3 is 2.78 bits per heavy atom. The van der Waals surface area contributed by atoms with Crippen LogP contribution in [-0.2, 0) is 4.79 Å². The molecule has 2 aromatic carbocycles. The number of thioether (sulfide) groups is 1. The fraction of sp³-hybridized carbons (Fsp3) is 0.0667. The highest BCUT2D eigenvalue weighted by Crippen LogP contribution is 2.23. The van der Waals surface area contributed by atoms with Crippen LogP contribution in [0.15, 0.2) is 41.6 Å². The molecule has 0 saturated heterocycles. The fourth-order valence-corrected chi connectivity index (χ4v) is 2.97. The minimum absolute atomic E-state index is 0.0551. The van der Waals surface area contributed by atoms with Crippen LogP contribution in [0.1, 0.15) is 0 Å². The summed E-state index contributed by atoms with van der Waals surface area (Å²) in [5.74, 6) is -0.805. The third-order valence-electron chi connectivity index (χ3n) is 2.96. The maximum Gasteiger partial charge on any atom is 0.234 e. The number of carbonyl (C=O) groups excluding carboxylic acids is 1. The Kier molecular flexibility index (Phi) is 4.75. The van der Waals surface area contributed by atoms with E-state index in [9.17, 15) is 9.18 Å². The first kappa shape index (κ1) is 16.1. The van der Waals surface area contributed by atoms with Crippen molar-refractivity contribution in [1.82, 2.24) is 9.97 Å². The first-order valence-electron chi connectivity index (χ1n) is 6.54. The molecule has 1 amide bonds. The number of nitrogens with zero attached hydrogens (tertiary/aromatic N) is 1. The molecule has 118 valence electrons. The Morgan fingerprint density at radius 2 is 1.96 bits per heavy atom. The second-order valence-electron chi connectivity index (χ2n) is 4.66. The maximum absolute atomic E-state index is 13.6. The number of halogens is 3. The number of rotatable bonds is 4. The monoisotopic (exact) mass is 369 g/mol. The van der Waals surface area contributed by atoms with Crippen LogP contribution < -0.4 is 5.32 Å². The van der Waals surface area contributed by atoms with Gasteiger partial charge in [-0.2, -0.15) is 0 Å². The number of hydrogen-bond acceptors (Lipinski definition) is 3. The predicted octanol–water partition coefficient (Wildman–Crippen LogP) is 4.74. The summed E-state index contributed by atoms with van der Waals surface area (Å²) >= 11 is 12.9. The molecule has 8 heteroatoms. The van der Waals surface area contributed by atoms with Gasteiger partial charge in [0, 0.05) is 10.0 Å². The molecule has 0 atom stereocenters. The van der Waals surface area contributed by atoms with Crippen molar-refractivity contribution < 1.29 is 9.18 Å². The van der Waals surface area contributed by atoms with Crippen LogP contribution in [-0.4, -0.2) is 21.6 Å². The summed E-state index contributed by atoms with van der Waals surface area (Å²) in [6.45, 7) is 0. The number of amides is 1. The van der Waals surface area contributed by atoms with E-state index in [1.54, 1.807) is 18.2 Å². The molecule has 2 N–H and O–H groups in total. The van der Waals surface area contributed by atoms with Crippen molar-refractivity contribution in [1.29, 1.82) is 0 Å². The lowest BCUT2D eigenvalue weighted by Gasteiger charge is -2.05. The van der Waals surface area contributed by atoms with E-state index in [0.717, 1.165) is 11.0 Å². The summed E-state index contributed by atoms with van der Waals surface area (Å²) in [5.41, 5.74) is 1.61. The van der Waals surface area contributed by atoms with Gasteiger partial charge in [0.2, 0.25) is 5.91 Å². The number of carbonyl (C=O) groups is 1. The second-order valence-corrected chi connectivity index (χ2v) is 6.50. The SMILES string of the molecule is O=C(CSc1nc2ccc(Cl)cc2[nH]1)Nc1cc(Cl)ccc1F. The molecule has 0 bridgehead atoms. The Balaban J connectivity index is 1.64. The summed E-state index contributed by atoms with van der Waals surface area (Å²) in [6.07, 6.45) is 0. The average molecular weight is 370 g/mol. The summed E-state index contributed by atoms with van der Waals surface area (Å²) in [7, 11) is 0. The van der Waals surface area contributed by atoms with Crippen LogP contribution in [0, 0.1) is 5.82 Å². The van der Waals surface area contributed by atoms with E-state index in [4.69, 9.17) is 23.2 Å². The van der Waals surface area contributed by atoms with Gasteiger partial charge in [-0.25, -0.2) is 9.37 Å². The molecule has 0 aliphatic rings. The number of nitrogens with one attached hydrogen (secondary N) is 2. The van der Waals surface area contributed by atoms with E-state index in [2.05, 4.69) is 15.3 Å². The standard InChI is InChI=1S/C15H10Cl2FN3OS/c16-8-1-3-10(18)12(5-8)19-14(22)7-23-15-20-11-4-2-9(17)6-13(11)21-15/h1-6H,7H2,(H,19,22)(H,20,21). The van der Waals surface area contributed by atoms with Crippen LogP contribution in [0.4, 0.5) is 10.1 Å².